The monoisotopic (exact) mass is 279 g/mol. The molecule has 20 heavy (non-hydrogen) atoms. The number of carbonyl (C=O) groups is 2. The number of rotatable bonds is 5. The van der Waals surface area contributed by atoms with Gasteiger partial charge in [0.2, 0.25) is 11.8 Å². The lowest BCUT2D eigenvalue weighted by atomic mass is 10.2. The molecule has 0 bridgehead atoms. The summed E-state index contributed by atoms with van der Waals surface area (Å²) in [4.78, 5) is 28.0. The molecule has 2 amide bonds. The van der Waals surface area contributed by atoms with Crippen molar-refractivity contribution in [2.45, 2.75) is 57.0 Å². The molecular weight excluding hydrogens is 254 g/mol. The Kier molecular flexibility index (Phi) is 4.36. The summed E-state index contributed by atoms with van der Waals surface area (Å²) in [6, 6.07) is -0.0533. The smallest absolute Gasteiger partial charge is 0.247 e. The zero-order valence-corrected chi connectivity index (χ0v) is 12.1. The van der Waals surface area contributed by atoms with E-state index in [0.717, 1.165) is 25.9 Å². The van der Waals surface area contributed by atoms with Crippen LogP contribution in [0.15, 0.2) is 0 Å². The van der Waals surface area contributed by atoms with Gasteiger partial charge in [-0.2, -0.15) is 0 Å². The molecule has 0 spiro atoms. The Morgan fingerprint density at radius 1 is 1.05 bits per heavy atom. The molecule has 3 aliphatic rings. The van der Waals surface area contributed by atoms with E-state index in [1.54, 1.807) is 0 Å². The Balaban J connectivity index is 1.42. The van der Waals surface area contributed by atoms with Gasteiger partial charge in [-0.15, -0.1) is 0 Å². The number of amides is 2. The topological polar surface area (TPSA) is 52.7 Å². The second-order valence-corrected chi connectivity index (χ2v) is 6.30. The minimum absolute atomic E-state index is 0.00775. The van der Waals surface area contributed by atoms with Crippen molar-refractivity contribution in [3.8, 4) is 0 Å². The van der Waals surface area contributed by atoms with Gasteiger partial charge in [0.05, 0.1) is 12.5 Å². The fourth-order valence-corrected chi connectivity index (χ4v) is 3.28. The molecule has 1 aliphatic carbocycles. The second kappa shape index (κ2) is 6.22. The maximum atomic E-state index is 12.2. The minimum atomic E-state index is -0.268. The third-order valence-corrected chi connectivity index (χ3v) is 4.61. The van der Waals surface area contributed by atoms with Crippen LogP contribution in [0.25, 0.3) is 0 Å². The van der Waals surface area contributed by atoms with Crippen molar-refractivity contribution >= 4 is 11.8 Å². The molecule has 5 heteroatoms. The van der Waals surface area contributed by atoms with Crippen molar-refractivity contribution in [2.75, 3.05) is 26.2 Å². The first kappa shape index (κ1) is 14.0. The number of nitrogens with zero attached hydrogens (tertiary/aromatic N) is 2. The normalized spacial score (nSPS) is 29.0. The van der Waals surface area contributed by atoms with Gasteiger partial charge < -0.3 is 10.2 Å². The predicted molar refractivity (Wildman–Crippen MR) is 76.2 cm³/mol. The van der Waals surface area contributed by atoms with Gasteiger partial charge in [0.15, 0.2) is 0 Å². The molecule has 0 radical (unpaired) electrons. The molecule has 1 atom stereocenters. The van der Waals surface area contributed by atoms with E-state index < -0.39 is 0 Å². The molecule has 3 fully saturated rings. The van der Waals surface area contributed by atoms with Gasteiger partial charge in [0.1, 0.15) is 0 Å². The highest BCUT2D eigenvalue weighted by Gasteiger charge is 2.45. The largest absolute Gasteiger partial charge is 0.304 e. The molecule has 1 unspecified atom stereocenters. The van der Waals surface area contributed by atoms with Gasteiger partial charge in [-0.05, 0) is 38.8 Å². The van der Waals surface area contributed by atoms with Crippen molar-refractivity contribution in [1.29, 1.82) is 0 Å². The Morgan fingerprint density at radius 3 is 2.40 bits per heavy atom. The van der Waals surface area contributed by atoms with E-state index in [-0.39, 0.29) is 23.9 Å². The Labute approximate surface area is 120 Å². The number of hydrogen-bond donors (Lipinski definition) is 1. The molecule has 0 aromatic heterocycles. The summed E-state index contributed by atoms with van der Waals surface area (Å²) < 4.78 is 0. The summed E-state index contributed by atoms with van der Waals surface area (Å²) in [5.74, 6) is 0.0261. The van der Waals surface area contributed by atoms with Crippen molar-refractivity contribution in [3.63, 3.8) is 0 Å². The SMILES string of the molecule is O=C1CC(NCCN2CCCCCC2)C(=O)N1C1CC1. The number of carbonyl (C=O) groups excluding carboxylic acids is 2. The first-order chi connectivity index (χ1) is 9.75. The second-order valence-electron chi connectivity index (χ2n) is 6.30. The van der Waals surface area contributed by atoms with Crippen molar-refractivity contribution in [1.82, 2.24) is 15.1 Å². The third kappa shape index (κ3) is 3.20. The maximum absolute atomic E-state index is 12.2. The van der Waals surface area contributed by atoms with E-state index in [9.17, 15) is 9.59 Å². The fourth-order valence-electron chi connectivity index (χ4n) is 3.28. The number of nitrogens with one attached hydrogen (secondary N) is 1. The zero-order chi connectivity index (χ0) is 13.9. The summed E-state index contributed by atoms with van der Waals surface area (Å²) >= 11 is 0. The van der Waals surface area contributed by atoms with Gasteiger partial charge in [-0.1, -0.05) is 12.8 Å². The minimum Gasteiger partial charge on any atom is -0.304 e. The van der Waals surface area contributed by atoms with E-state index in [4.69, 9.17) is 0 Å². The molecule has 1 N–H and O–H groups in total. The lowest BCUT2D eigenvalue weighted by Crippen LogP contribution is -2.42. The summed E-state index contributed by atoms with van der Waals surface area (Å²) in [7, 11) is 0. The van der Waals surface area contributed by atoms with Crippen molar-refractivity contribution < 1.29 is 9.59 Å². The molecule has 112 valence electrons. The van der Waals surface area contributed by atoms with Crippen LogP contribution in [0.1, 0.15) is 44.9 Å². The molecule has 0 aromatic rings. The molecule has 2 saturated heterocycles. The van der Waals surface area contributed by atoms with Crippen molar-refractivity contribution in [3.05, 3.63) is 0 Å². The molecule has 1 saturated carbocycles. The zero-order valence-electron chi connectivity index (χ0n) is 12.1. The lowest BCUT2D eigenvalue weighted by molar-refractivity contribution is -0.139. The van der Waals surface area contributed by atoms with Crippen LogP contribution in [-0.4, -0.2) is 59.9 Å². The summed E-state index contributed by atoms with van der Waals surface area (Å²) in [5, 5.41) is 3.29. The lowest BCUT2D eigenvalue weighted by Gasteiger charge is -2.21. The summed E-state index contributed by atoms with van der Waals surface area (Å²) in [6.07, 6.45) is 7.61. The number of likely N-dealkylation sites (tertiary alicyclic amines) is 2. The Bertz CT molecular complexity index is 373. The highest BCUT2D eigenvalue weighted by molar-refractivity contribution is 6.06. The van der Waals surface area contributed by atoms with Crippen LogP contribution < -0.4 is 5.32 Å². The highest BCUT2D eigenvalue weighted by atomic mass is 16.2. The van der Waals surface area contributed by atoms with Gasteiger partial charge in [-0.3, -0.25) is 14.5 Å². The first-order valence-corrected chi connectivity index (χ1v) is 8.07. The maximum Gasteiger partial charge on any atom is 0.247 e. The quantitative estimate of drug-likeness (QED) is 0.754. The average Bonchev–Trinajstić information content (AvgIpc) is 3.22. The van der Waals surface area contributed by atoms with Crippen LogP contribution in [-0.2, 0) is 9.59 Å². The summed E-state index contributed by atoms with van der Waals surface area (Å²) in [5.41, 5.74) is 0. The standard InChI is InChI=1S/C15H25N3O2/c19-14-11-13(15(20)18(14)12-5-6-12)16-7-10-17-8-3-1-2-4-9-17/h12-13,16H,1-11H2. The molecule has 2 heterocycles. The van der Waals surface area contributed by atoms with Crippen LogP contribution in [0, 0.1) is 0 Å². The number of imide groups is 1. The summed E-state index contributed by atoms with van der Waals surface area (Å²) in [6.45, 7) is 4.14. The van der Waals surface area contributed by atoms with Gasteiger partial charge >= 0.3 is 0 Å². The van der Waals surface area contributed by atoms with Crippen LogP contribution in [0.5, 0.6) is 0 Å². The first-order valence-electron chi connectivity index (χ1n) is 8.07. The van der Waals surface area contributed by atoms with Crippen molar-refractivity contribution in [2.24, 2.45) is 0 Å². The van der Waals surface area contributed by atoms with Crippen LogP contribution >= 0.6 is 0 Å². The average molecular weight is 279 g/mol. The third-order valence-electron chi connectivity index (χ3n) is 4.61. The number of hydrogen-bond acceptors (Lipinski definition) is 4. The van der Waals surface area contributed by atoms with E-state index in [1.807, 2.05) is 0 Å². The highest BCUT2D eigenvalue weighted by Crippen LogP contribution is 2.31. The molecule has 2 aliphatic heterocycles. The Hall–Kier alpha value is -0.940. The molecule has 0 aromatic carbocycles. The van der Waals surface area contributed by atoms with Gasteiger partial charge in [0.25, 0.3) is 0 Å². The van der Waals surface area contributed by atoms with E-state index in [2.05, 4.69) is 10.2 Å². The van der Waals surface area contributed by atoms with E-state index >= 15 is 0 Å². The van der Waals surface area contributed by atoms with Crippen LogP contribution in [0.3, 0.4) is 0 Å². The van der Waals surface area contributed by atoms with Gasteiger partial charge in [0, 0.05) is 19.1 Å². The molecule has 3 rings (SSSR count). The van der Waals surface area contributed by atoms with E-state index in [0.29, 0.717) is 6.42 Å². The van der Waals surface area contributed by atoms with Crippen LogP contribution in [0.2, 0.25) is 0 Å². The predicted octanol–water partition coefficient (Wildman–Crippen LogP) is 0.742. The molecular formula is C15H25N3O2. The fraction of sp³-hybridized carbons (Fsp3) is 0.867. The molecule has 5 nitrogen and oxygen atoms in total. The van der Waals surface area contributed by atoms with Crippen LogP contribution in [0.4, 0.5) is 0 Å². The van der Waals surface area contributed by atoms with E-state index in [1.165, 1.54) is 43.7 Å². The van der Waals surface area contributed by atoms with Gasteiger partial charge in [-0.25, -0.2) is 0 Å². The Morgan fingerprint density at radius 2 is 1.75 bits per heavy atom.